The molecule has 1 aliphatic heterocycles. The van der Waals surface area contributed by atoms with Gasteiger partial charge in [-0.1, -0.05) is 36.4 Å². The van der Waals surface area contributed by atoms with Crippen LogP contribution in [0.3, 0.4) is 0 Å². The van der Waals surface area contributed by atoms with Gasteiger partial charge in [-0.15, -0.1) is 0 Å². The normalized spacial score (nSPS) is 13.3. The maximum atomic E-state index is 12.9. The van der Waals surface area contributed by atoms with Crippen LogP contribution in [0.15, 0.2) is 66.4 Å². The fraction of sp³-hybridized carbons (Fsp3) is 0.167. The van der Waals surface area contributed by atoms with Crippen molar-refractivity contribution < 1.29 is 14.3 Å². The zero-order valence-corrected chi connectivity index (χ0v) is 16.6. The summed E-state index contributed by atoms with van der Waals surface area (Å²) in [7, 11) is 1.58. The molecule has 0 spiro atoms. The molecule has 0 fully saturated rings. The van der Waals surface area contributed by atoms with Crippen molar-refractivity contribution in [1.29, 1.82) is 0 Å². The Morgan fingerprint density at radius 3 is 2.83 bits per heavy atom. The van der Waals surface area contributed by atoms with Crippen molar-refractivity contribution in [2.75, 3.05) is 20.3 Å². The number of carbonyl (C=O) groups excluding carboxylic acids is 1. The molecule has 0 unspecified atom stereocenters. The van der Waals surface area contributed by atoms with Crippen LogP contribution in [0.2, 0.25) is 0 Å². The largest absolute Gasteiger partial charge is 0.501 e. The van der Waals surface area contributed by atoms with E-state index in [1.807, 2.05) is 24.3 Å². The topological polar surface area (TPSA) is 76.2 Å². The van der Waals surface area contributed by atoms with Gasteiger partial charge >= 0.3 is 0 Å². The highest BCUT2D eigenvalue weighted by Gasteiger charge is 2.21. The number of rotatable bonds is 5. The van der Waals surface area contributed by atoms with Crippen LogP contribution < -0.4 is 10.1 Å². The molecule has 30 heavy (non-hydrogen) atoms. The molecular weight excluding hydrogens is 378 g/mol. The van der Waals surface area contributed by atoms with Gasteiger partial charge in [0.1, 0.15) is 11.4 Å². The van der Waals surface area contributed by atoms with Gasteiger partial charge in [0, 0.05) is 18.5 Å². The highest BCUT2D eigenvalue weighted by Crippen LogP contribution is 2.37. The average molecular weight is 399 g/mol. The molecule has 3 aromatic carbocycles. The van der Waals surface area contributed by atoms with Crippen LogP contribution in [-0.4, -0.2) is 36.4 Å². The molecule has 6 heteroatoms. The van der Waals surface area contributed by atoms with E-state index < -0.39 is 0 Å². The van der Waals surface area contributed by atoms with Crippen molar-refractivity contribution in [2.45, 2.75) is 6.42 Å². The summed E-state index contributed by atoms with van der Waals surface area (Å²) in [6.45, 7) is 1.13. The maximum Gasteiger partial charge on any atom is 0.255 e. The Hall–Kier alpha value is -3.80. The molecule has 4 aromatic rings. The smallest absolute Gasteiger partial charge is 0.255 e. The number of carbonyl (C=O) groups is 1. The fourth-order valence-corrected chi connectivity index (χ4v) is 3.86. The molecule has 0 radical (unpaired) electrons. The van der Waals surface area contributed by atoms with Crippen LogP contribution in [0, 0.1) is 0 Å². The Kier molecular flexibility index (Phi) is 4.59. The number of nitrogens with zero attached hydrogens (tertiary/aromatic N) is 1. The third-order valence-corrected chi connectivity index (χ3v) is 5.42. The minimum Gasteiger partial charge on any atom is -0.501 e. The van der Waals surface area contributed by atoms with E-state index in [1.165, 1.54) is 5.39 Å². The monoisotopic (exact) mass is 399 g/mol. The maximum absolute atomic E-state index is 12.9. The Bertz CT molecular complexity index is 1290. The molecule has 1 aliphatic rings. The summed E-state index contributed by atoms with van der Waals surface area (Å²) < 4.78 is 10.9. The third kappa shape index (κ3) is 3.16. The number of aromatic amines is 1. The number of H-pyrrole nitrogens is 1. The lowest BCUT2D eigenvalue weighted by atomic mass is 10.0. The summed E-state index contributed by atoms with van der Waals surface area (Å²) in [5, 5.41) is 13.6. The van der Waals surface area contributed by atoms with E-state index in [4.69, 9.17) is 9.47 Å². The van der Waals surface area contributed by atoms with Crippen LogP contribution in [-0.2, 0) is 4.74 Å². The first-order valence-electron chi connectivity index (χ1n) is 9.86. The lowest BCUT2D eigenvalue weighted by Crippen LogP contribution is -2.25. The van der Waals surface area contributed by atoms with E-state index >= 15 is 0 Å². The first kappa shape index (κ1) is 18.2. The van der Waals surface area contributed by atoms with Gasteiger partial charge in [-0.25, -0.2) is 0 Å². The number of fused-ring (bicyclic) bond motifs is 2. The van der Waals surface area contributed by atoms with Crippen molar-refractivity contribution in [2.24, 2.45) is 0 Å². The lowest BCUT2D eigenvalue weighted by molar-refractivity contribution is 0.0954. The first-order chi connectivity index (χ1) is 14.7. The second kappa shape index (κ2) is 7.55. The molecule has 1 amide bonds. The summed E-state index contributed by atoms with van der Waals surface area (Å²) in [4.78, 5) is 12.9. The van der Waals surface area contributed by atoms with Gasteiger partial charge in [-0.3, -0.25) is 9.89 Å². The van der Waals surface area contributed by atoms with Gasteiger partial charge in [0.2, 0.25) is 0 Å². The summed E-state index contributed by atoms with van der Waals surface area (Å²) in [5.74, 6) is 0.325. The van der Waals surface area contributed by atoms with Crippen LogP contribution in [0.5, 0.6) is 5.75 Å². The van der Waals surface area contributed by atoms with Gasteiger partial charge in [0.25, 0.3) is 5.91 Å². The van der Waals surface area contributed by atoms with E-state index in [1.54, 1.807) is 19.4 Å². The Labute approximate surface area is 173 Å². The van der Waals surface area contributed by atoms with Crippen LogP contribution in [0.1, 0.15) is 16.8 Å². The molecule has 0 bridgehead atoms. The minimum atomic E-state index is -0.188. The van der Waals surface area contributed by atoms with Crippen molar-refractivity contribution in [1.82, 2.24) is 15.5 Å². The van der Waals surface area contributed by atoms with E-state index in [2.05, 4.69) is 39.8 Å². The molecule has 2 heterocycles. The Morgan fingerprint density at radius 1 is 1.17 bits per heavy atom. The number of aromatic nitrogens is 2. The number of benzene rings is 3. The first-order valence-corrected chi connectivity index (χ1v) is 9.86. The number of amides is 1. The van der Waals surface area contributed by atoms with Gasteiger partial charge < -0.3 is 14.8 Å². The fourth-order valence-electron chi connectivity index (χ4n) is 3.86. The highest BCUT2D eigenvalue weighted by atomic mass is 16.5. The molecule has 0 atom stereocenters. The molecular formula is C24H21N3O3. The zero-order valence-electron chi connectivity index (χ0n) is 16.6. The quantitative estimate of drug-likeness (QED) is 0.521. The van der Waals surface area contributed by atoms with Crippen LogP contribution >= 0.6 is 0 Å². The van der Waals surface area contributed by atoms with Crippen molar-refractivity contribution >= 4 is 27.6 Å². The summed E-state index contributed by atoms with van der Waals surface area (Å²) in [6.07, 6.45) is 2.55. The third-order valence-electron chi connectivity index (χ3n) is 5.42. The molecule has 0 aliphatic carbocycles. The molecule has 150 valence electrons. The summed E-state index contributed by atoms with van der Waals surface area (Å²) >= 11 is 0. The van der Waals surface area contributed by atoms with Gasteiger partial charge in [0.05, 0.1) is 36.4 Å². The molecule has 0 saturated heterocycles. The van der Waals surface area contributed by atoms with E-state index in [0.29, 0.717) is 24.5 Å². The van der Waals surface area contributed by atoms with E-state index in [9.17, 15) is 4.79 Å². The second-order valence-electron chi connectivity index (χ2n) is 7.28. The molecule has 6 nitrogen and oxygen atoms in total. The number of nitrogens with one attached hydrogen (secondary N) is 2. The number of methoxy groups -OCH3 is 1. The van der Waals surface area contributed by atoms with Crippen LogP contribution in [0.4, 0.5) is 0 Å². The lowest BCUT2D eigenvalue weighted by Gasteiger charge is -2.11. The van der Waals surface area contributed by atoms with Crippen LogP contribution in [0.25, 0.3) is 32.9 Å². The molecule has 5 rings (SSSR count). The SMILES string of the molecule is COc1c(C(=O)NCC2=COCC2)ccc2[nH]nc(-c3ccc4ccccc4c3)c12. The predicted molar refractivity (Wildman–Crippen MR) is 117 cm³/mol. The second-order valence-corrected chi connectivity index (χ2v) is 7.28. The van der Waals surface area contributed by atoms with Gasteiger partial charge in [-0.05, 0) is 34.5 Å². The summed E-state index contributed by atoms with van der Waals surface area (Å²) in [5.41, 5.74) is 4.09. The van der Waals surface area contributed by atoms with E-state index in [-0.39, 0.29) is 5.91 Å². The average Bonchev–Trinajstić information content (AvgIpc) is 3.46. The Balaban J connectivity index is 1.56. The predicted octanol–water partition coefficient (Wildman–Crippen LogP) is 4.43. The van der Waals surface area contributed by atoms with Gasteiger partial charge in [0.15, 0.2) is 0 Å². The molecule has 0 saturated carbocycles. The number of hydrogen-bond donors (Lipinski definition) is 2. The standard InChI is InChI=1S/C24H21N3O3/c1-29-23-19(24(28)25-13-15-10-11-30-14-15)8-9-20-21(23)22(27-26-20)18-7-6-16-4-2-3-5-17(16)12-18/h2-9,12,14H,10-11,13H2,1H3,(H,25,28)(H,26,27). The van der Waals surface area contributed by atoms with Crippen molar-refractivity contribution in [3.05, 3.63) is 72.0 Å². The number of hydrogen-bond acceptors (Lipinski definition) is 4. The van der Waals surface area contributed by atoms with Crippen molar-refractivity contribution in [3.8, 4) is 17.0 Å². The zero-order chi connectivity index (χ0) is 20.5. The van der Waals surface area contributed by atoms with Gasteiger partial charge in [-0.2, -0.15) is 5.10 Å². The van der Waals surface area contributed by atoms with E-state index in [0.717, 1.165) is 39.5 Å². The number of ether oxygens (including phenoxy) is 2. The minimum absolute atomic E-state index is 0.188. The molecule has 1 aromatic heterocycles. The Morgan fingerprint density at radius 2 is 2.03 bits per heavy atom. The highest BCUT2D eigenvalue weighted by molar-refractivity contribution is 6.07. The van der Waals surface area contributed by atoms with Crippen molar-refractivity contribution in [3.63, 3.8) is 0 Å². The summed E-state index contributed by atoms with van der Waals surface area (Å²) in [6, 6.07) is 18.0. The molecule has 2 N–H and O–H groups in total.